The molecule has 0 spiro atoms. The van der Waals surface area contributed by atoms with Gasteiger partial charge in [0, 0.05) is 37.5 Å². The molecule has 2 N–H and O–H groups in total. The van der Waals surface area contributed by atoms with Crippen molar-refractivity contribution >= 4 is 18.3 Å². The van der Waals surface area contributed by atoms with E-state index in [0.29, 0.717) is 37.1 Å². The Kier molecular flexibility index (Phi) is 9.94. The first kappa shape index (κ1) is 23.2. The molecule has 1 fully saturated rings. The quantitative estimate of drug-likeness (QED) is 0.474. The highest BCUT2D eigenvalue weighted by Crippen LogP contribution is 2.20. The number of carbonyl (C=O) groups is 1. The van der Waals surface area contributed by atoms with Crippen LogP contribution < -0.4 is 15.4 Å². The average Bonchev–Trinajstić information content (AvgIpc) is 3.05. The van der Waals surface area contributed by atoms with E-state index in [2.05, 4.69) is 20.8 Å². The van der Waals surface area contributed by atoms with Crippen molar-refractivity contribution in [2.24, 2.45) is 0 Å². The molecule has 3 rings (SSSR count). The van der Waals surface area contributed by atoms with Crippen molar-refractivity contribution in [1.82, 2.24) is 20.8 Å². The Labute approximate surface area is 178 Å². The SMILES string of the molecule is COc1ccc(-c2noc(CCC(=O)NCCNC3CCCCCC3)n2)cc1.Cl. The fourth-order valence-electron chi connectivity index (χ4n) is 3.48. The van der Waals surface area contributed by atoms with Crippen molar-refractivity contribution in [3.8, 4) is 17.1 Å². The van der Waals surface area contributed by atoms with Crippen molar-refractivity contribution in [3.63, 3.8) is 0 Å². The molecular formula is C21H31ClN4O3. The molecule has 1 heterocycles. The van der Waals surface area contributed by atoms with Gasteiger partial charge in [-0.05, 0) is 37.1 Å². The maximum atomic E-state index is 12.0. The van der Waals surface area contributed by atoms with E-state index in [9.17, 15) is 4.79 Å². The van der Waals surface area contributed by atoms with E-state index in [1.165, 1.54) is 38.5 Å². The van der Waals surface area contributed by atoms with Gasteiger partial charge in [-0.25, -0.2) is 0 Å². The summed E-state index contributed by atoms with van der Waals surface area (Å²) in [6.07, 6.45) is 8.61. The number of aryl methyl sites for hydroxylation is 1. The van der Waals surface area contributed by atoms with Crippen LogP contribution in [-0.4, -0.2) is 42.3 Å². The molecule has 0 aliphatic heterocycles. The van der Waals surface area contributed by atoms with Gasteiger partial charge in [0.05, 0.1) is 7.11 Å². The monoisotopic (exact) mass is 422 g/mol. The van der Waals surface area contributed by atoms with Crippen LogP contribution in [0.2, 0.25) is 0 Å². The standard InChI is InChI=1S/C21H30N4O3.ClH/c1-27-18-10-8-16(9-11-18)21-24-20(28-25-21)13-12-19(26)23-15-14-22-17-6-4-2-3-5-7-17;/h8-11,17,22H,2-7,12-15H2,1H3,(H,23,26);1H. The van der Waals surface area contributed by atoms with Crippen LogP contribution in [0, 0.1) is 0 Å². The van der Waals surface area contributed by atoms with Gasteiger partial charge in [0.1, 0.15) is 5.75 Å². The lowest BCUT2D eigenvalue weighted by Crippen LogP contribution is -2.36. The summed E-state index contributed by atoms with van der Waals surface area (Å²) in [6, 6.07) is 8.06. The lowest BCUT2D eigenvalue weighted by Gasteiger charge is -2.16. The second kappa shape index (κ2) is 12.4. The summed E-state index contributed by atoms with van der Waals surface area (Å²) in [4.78, 5) is 16.4. The lowest BCUT2D eigenvalue weighted by molar-refractivity contribution is -0.121. The first-order chi connectivity index (χ1) is 13.7. The van der Waals surface area contributed by atoms with Crippen LogP contribution in [0.5, 0.6) is 5.75 Å². The number of rotatable bonds is 9. The number of nitrogens with zero attached hydrogens (tertiary/aromatic N) is 2. The molecule has 2 aromatic rings. The molecular weight excluding hydrogens is 392 g/mol. The Morgan fingerprint density at radius 3 is 2.55 bits per heavy atom. The molecule has 1 saturated carbocycles. The maximum Gasteiger partial charge on any atom is 0.227 e. The lowest BCUT2D eigenvalue weighted by atomic mass is 10.1. The molecule has 1 aliphatic rings. The molecule has 1 aliphatic carbocycles. The van der Waals surface area contributed by atoms with Gasteiger partial charge in [0.25, 0.3) is 0 Å². The number of nitrogens with one attached hydrogen (secondary N) is 2. The Morgan fingerprint density at radius 2 is 1.86 bits per heavy atom. The minimum atomic E-state index is 0. The first-order valence-corrected chi connectivity index (χ1v) is 10.2. The van der Waals surface area contributed by atoms with Crippen LogP contribution in [0.4, 0.5) is 0 Å². The smallest absolute Gasteiger partial charge is 0.227 e. The number of aromatic nitrogens is 2. The van der Waals surface area contributed by atoms with E-state index in [-0.39, 0.29) is 18.3 Å². The number of ether oxygens (including phenoxy) is 1. The van der Waals surface area contributed by atoms with Crippen molar-refractivity contribution < 1.29 is 14.1 Å². The van der Waals surface area contributed by atoms with E-state index < -0.39 is 0 Å². The van der Waals surface area contributed by atoms with Gasteiger partial charge in [0.2, 0.25) is 17.6 Å². The van der Waals surface area contributed by atoms with Crippen molar-refractivity contribution in [2.75, 3.05) is 20.2 Å². The summed E-state index contributed by atoms with van der Waals surface area (Å²) < 4.78 is 10.4. The molecule has 1 aromatic carbocycles. The zero-order valence-electron chi connectivity index (χ0n) is 17.0. The molecule has 160 valence electrons. The summed E-state index contributed by atoms with van der Waals surface area (Å²) in [7, 11) is 1.62. The van der Waals surface area contributed by atoms with Gasteiger partial charge in [-0.2, -0.15) is 4.98 Å². The second-order valence-corrected chi connectivity index (χ2v) is 7.23. The molecule has 0 saturated heterocycles. The first-order valence-electron chi connectivity index (χ1n) is 10.2. The summed E-state index contributed by atoms with van der Waals surface area (Å²) in [5.74, 6) is 1.77. The number of hydrogen-bond acceptors (Lipinski definition) is 6. The van der Waals surface area contributed by atoms with Gasteiger partial charge in [-0.15, -0.1) is 12.4 Å². The van der Waals surface area contributed by atoms with Crippen LogP contribution in [-0.2, 0) is 11.2 Å². The van der Waals surface area contributed by atoms with E-state index in [1.54, 1.807) is 7.11 Å². The van der Waals surface area contributed by atoms with Crippen LogP contribution >= 0.6 is 12.4 Å². The fraction of sp³-hybridized carbons (Fsp3) is 0.571. The van der Waals surface area contributed by atoms with Crippen LogP contribution in [0.15, 0.2) is 28.8 Å². The third-order valence-corrected chi connectivity index (χ3v) is 5.12. The zero-order valence-corrected chi connectivity index (χ0v) is 17.8. The fourth-order valence-corrected chi connectivity index (χ4v) is 3.48. The third kappa shape index (κ3) is 7.66. The van der Waals surface area contributed by atoms with Gasteiger partial charge < -0.3 is 19.9 Å². The summed E-state index contributed by atoms with van der Waals surface area (Å²) >= 11 is 0. The molecule has 29 heavy (non-hydrogen) atoms. The molecule has 0 bridgehead atoms. The Balaban J connectivity index is 0.00000300. The van der Waals surface area contributed by atoms with Gasteiger partial charge in [-0.3, -0.25) is 4.79 Å². The highest BCUT2D eigenvalue weighted by atomic mass is 35.5. The van der Waals surface area contributed by atoms with E-state index in [4.69, 9.17) is 9.26 Å². The Bertz CT molecular complexity index is 728. The van der Waals surface area contributed by atoms with Crippen LogP contribution in [0.3, 0.4) is 0 Å². The topological polar surface area (TPSA) is 89.3 Å². The molecule has 8 heteroatoms. The molecule has 0 atom stereocenters. The highest BCUT2D eigenvalue weighted by molar-refractivity contribution is 5.85. The zero-order chi connectivity index (χ0) is 19.6. The molecule has 7 nitrogen and oxygen atoms in total. The molecule has 0 unspecified atom stereocenters. The maximum absolute atomic E-state index is 12.0. The van der Waals surface area contributed by atoms with Gasteiger partial charge in [-0.1, -0.05) is 30.8 Å². The number of hydrogen-bond donors (Lipinski definition) is 2. The van der Waals surface area contributed by atoms with E-state index in [1.807, 2.05) is 24.3 Å². The number of benzene rings is 1. The summed E-state index contributed by atoms with van der Waals surface area (Å²) in [5.41, 5.74) is 0.852. The van der Waals surface area contributed by atoms with Crippen LogP contribution in [0.1, 0.15) is 50.8 Å². The van der Waals surface area contributed by atoms with Crippen molar-refractivity contribution in [1.29, 1.82) is 0 Å². The predicted octanol–water partition coefficient (Wildman–Crippen LogP) is 3.53. The van der Waals surface area contributed by atoms with Crippen LogP contribution in [0.25, 0.3) is 11.4 Å². The molecule has 1 aromatic heterocycles. The van der Waals surface area contributed by atoms with Crippen molar-refractivity contribution in [2.45, 2.75) is 57.4 Å². The minimum Gasteiger partial charge on any atom is -0.497 e. The van der Waals surface area contributed by atoms with Crippen molar-refractivity contribution in [3.05, 3.63) is 30.2 Å². The average molecular weight is 423 g/mol. The van der Waals surface area contributed by atoms with E-state index in [0.717, 1.165) is 17.9 Å². The Morgan fingerprint density at radius 1 is 1.14 bits per heavy atom. The third-order valence-electron chi connectivity index (χ3n) is 5.12. The number of methoxy groups -OCH3 is 1. The largest absolute Gasteiger partial charge is 0.497 e. The van der Waals surface area contributed by atoms with Gasteiger partial charge >= 0.3 is 0 Å². The van der Waals surface area contributed by atoms with E-state index >= 15 is 0 Å². The Hall–Kier alpha value is -2.12. The number of carbonyl (C=O) groups excluding carboxylic acids is 1. The highest BCUT2D eigenvalue weighted by Gasteiger charge is 2.12. The number of amides is 1. The predicted molar refractivity (Wildman–Crippen MR) is 114 cm³/mol. The number of halogens is 1. The van der Waals surface area contributed by atoms with Gasteiger partial charge in [0.15, 0.2) is 0 Å². The molecule has 1 amide bonds. The summed E-state index contributed by atoms with van der Waals surface area (Å²) in [5, 5.41) is 10.5. The summed E-state index contributed by atoms with van der Waals surface area (Å²) in [6.45, 7) is 1.47. The normalized spacial score (nSPS) is 14.7. The molecule has 0 radical (unpaired) electrons. The minimum absolute atomic E-state index is 0. The second-order valence-electron chi connectivity index (χ2n) is 7.23.